The maximum atomic E-state index is 13.3. The highest BCUT2D eigenvalue weighted by atomic mass is 19.1. The van der Waals surface area contributed by atoms with E-state index < -0.39 is 17.5 Å². The van der Waals surface area contributed by atoms with Crippen LogP contribution < -0.4 is 4.74 Å². The van der Waals surface area contributed by atoms with E-state index in [1.807, 2.05) is 0 Å². The van der Waals surface area contributed by atoms with E-state index in [1.165, 1.54) is 6.07 Å². The summed E-state index contributed by atoms with van der Waals surface area (Å²) in [6.45, 7) is -0.160. The van der Waals surface area contributed by atoms with E-state index in [-0.39, 0.29) is 17.9 Å². The first-order valence-corrected chi connectivity index (χ1v) is 5.36. The zero-order chi connectivity index (χ0) is 13.8. The Bertz CT molecular complexity index is 650. The second-order valence-corrected chi connectivity index (χ2v) is 3.82. The maximum absolute atomic E-state index is 13.3. The molecule has 0 spiro atoms. The van der Waals surface area contributed by atoms with Crippen LogP contribution in [-0.2, 0) is 6.61 Å². The van der Waals surface area contributed by atoms with Crippen LogP contribution in [0.2, 0.25) is 0 Å². The van der Waals surface area contributed by atoms with Gasteiger partial charge in [-0.15, -0.1) is 0 Å². The molecule has 0 aliphatic rings. The minimum atomic E-state index is -0.710. The molecule has 0 aromatic heterocycles. The van der Waals surface area contributed by atoms with Gasteiger partial charge in [0, 0.05) is 6.07 Å². The van der Waals surface area contributed by atoms with E-state index in [0.29, 0.717) is 5.56 Å². The lowest BCUT2D eigenvalue weighted by Crippen LogP contribution is -1.99. The Morgan fingerprint density at radius 3 is 2.53 bits per heavy atom. The van der Waals surface area contributed by atoms with Crippen molar-refractivity contribution in [3.05, 3.63) is 65.0 Å². The predicted octanol–water partition coefficient (Wildman–Crippen LogP) is 3.55. The van der Waals surface area contributed by atoms with Crippen LogP contribution in [0.1, 0.15) is 11.1 Å². The summed E-state index contributed by atoms with van der Waals surface area (Å²) in [5.74, 6) is -2.19. The number of hydrogen-bond donors (Lipinski definition) is 0. The van der Waals surface area contributed by atoms with Gasteiger partial charge in [0.15, 0.2) is 11.6 Å². The Kier molecular flexibility index (Phi) is 3.71. The molecule has 19 heavy (non-hydrogen) atoms. The van der Waals surface area contributed by atoms with Crippen LogP contribution in [0.5, 0.6) is 5.75 Å². The van der Waals surface area contributed by atoms with Gasteiger partial charge in [0.1, 0.15) is 18.2 Å². The van der Waals surface area contributed by atoms with Gasteiger partial charge in [-0.2, -0.15) is 5.26 Å². The third-order valence-electron chi connectivity index (χ3n) is 2.37. The lowest BCUT2D eigenvalue weighted by atomic mass is 10.1. The first kappa shape index (κ1) is 13.0. The Balaban J connectivity index is 2.17. The fourth-order valence-electron chi connectivity index (χ4n) is 1.55. The van der Waals surface area contributed by atoms with E-state index >= 15 is 0 Å². The van der Waals surface area contributed by atoms with Crippen molar-refractivity contribution in [2.24, 2.45) is 0 Å². The fraction of sp³-hybridized carbons (Fsp3) is 0.0714. The van der Waals surface area contributed by atoms with Crippen LogP contribution in [-0.4, -0.2) is 0 Å². The number of nitrogens with zero attached hydrogens (tertiary/aromatic N) is 1. The predicted molar refractivity (Wildman–Crippen MR) is 61.8 cm³/mol. The summed E-state index contributed by atoms with van der Waals surface area (Å²) >= 11 is 0. The van der Waals surface area contributed by atoms with Crippen LogP contribution in [0, 0.1) is 28.8 Å². The Hall–Kier alpha value is -2.48. The molecule has 0 unspecified atom stereocenters. The highest BCUT2D eigenvalue weighted by molar-refractivity contribution is 5.34. The van der Waals surface area contributed by atoms with Gasteiger partial charge in [0.2, 0.25) is 0 Å². The molecule has 0 atom stereocenters. The molecule has 5 heteroatoms. The molecule has 2 rings (SSSR count). The average molecular weight is 263 g/mol. The molecule has 0 bridgehead atoms. The molecule has 0 saturated heterocycles. The second kappa shape index (κ2) is 5.44. The third kappa shape index (κ3) is 3.26. The molecular weight excluding hydrogens is 255 g/mol. The largest absolute Gasteiger partial charge is 0.486 e. The van der Waals surface area contributed by atoms with Crippen LogP contribution in [0.3, 0.4) is 0 Å². The summed E-state index contributed by atoms with van der Waals surface area (Å²) in [6.07, 6.45) is 0. The third-order valence-corrected chi connectivity index (χ3v) is 2.37. The number of ether oxygens (including phenoxy) is 1. The lowest BCUT2D eigenvalue weighted by Gasteiger charge is -2.07. The number of hydrogen-bond acceptors (Lipinski definition) is 2. The van der Waals surface area contributed by atoms with Crippen LogP contribution in [0.15, 0.2) is 36.4 Å². The molecule has 96 valence electrons. The van der Waals surface area contributed by atoms with Gasteiger partial charge in [0.25, 0.3) is 0 Å². The van der Waals surface area contributed by atoms with E-state index in [2.05, 4.69) is 0 Å². The molecule has 2 aromatic rings. The molecular formula is C14H8F3NO. The zero-order valence-electron chi connectivity index (χ0n) is 9.66. The molecule has 0 saturated carbocycles. The van der Waals surface area contributed by atoms with Crippen molar-refractivity contribution < 1.29 is 17.9 Å². The molecule has 0 N–H and O–H groups in total. The van der Waals surface area contributed by atoms with Crippen LogP contribution >= 0.6 is 0 Å². The highest BCUT2D eigenvalue weighted by Gasteiger charge is 2.06. The van der Waals surface area contributed by atoms with Crippen molar-refractivity contribution in [3.63, 3.8) is 0 Å². The highest BCUT2D eigenvalue weighted by Crippen LogP contribution is 2.20. The molecule has 0 aliphatic heterocycles. The number of nitriles is 1. The van der Waals surface area contributed by atoms with Gasteiger partial charge in [0.05, 0.1) is 11.6 Å². The average Bonchev–Trinajstić information content (AvgIpc) is 2.39. The Labute approximate surface area is 107 Å². The smallest absolute Gasteiger partial charge is 0.165 e. The van der Waals surface area contributed by atoms with Crippen molar-refractivity contribution >= 4 is 0 Å². The first-order chi connectivity index (χ1) is 9.08. The second-order valence-electron chi connectivity index (χ2n) is 3.82. The molecule has 0 radical (unpaired) electrons. The SMILES string of the molecule is N#Cc1cc(F)cc(COc2cc(F)ccc2F)c1. The minimum Gasteiger partial charge on any atom is -0.486 e. The van der Waals surface area contributed by atoms with Gasteiger partial charge in [-0.05, 0) is 35.9 Å². The van der Waals surface area contributed by atoms with Gasteiger partial charge in [-0.1, -0.05) is 0 Å². The Morgan fingerprint density at radius 2 is 1.79 bits per heavy atom. The van der Waals surface area contributed by atoms with Gasteiger partial charge < -0.3 is 4.74 Å². The summed E-state index contributed by atoms with van der Waals surface area (Å²) in [7, 11) is 0. The molecule has 0 heterocycles. The van der Waals surface area contributed by atoms with E-state index in [4.69, 9.17) is 10.00 Å². The molecule has 0 amide bonds. The first-order valence-electron chi connectivity index (χ1n) is 5.36. The topological polar surface area (TPSA) is 33.0 Å². The number of rotatable bonds is 3. The van der Waals surface area contributed by atoms with Crippen molar-refractivity contribution in [2.75, 3.05) is 0 Å². The van der Waals surface area contributed by atoms with Crippen molar-refractivity contribution in [1.82, 2.24) is 0 Å². The fourth-order valence-corrected chi connectivity index (χ4v) is 1.55. The van der Waals surface area contributed by atoms with E-state index in [0.717, 1.165) is 30.3 Å². The van der Waals surface area contributed by atoms with Gasteiger partial charge >= 0.3 is 0 Å². The van der Waals surface area contributed by atoms with Gasteiger partial charge in [-0.3, -0.25) is 0 Å². The summed E-state index contributed by atoms with van der Waals surface area (Å²) in [5, 5.41) is 8.69. The van der Waals surface area contributed by atoms with Crippen LogP contribution in [0.4, 0.5) is 13.2 Å². The Morgan fingerprint density at radius 1 is 1.00 bits per heavy atom. The zero-order valence-corrected chi connectivity index (χ0v) is 9.66. The van der Waals surface area contributed by atoms with Gasteiger partial charge in [-0.25, -0.2) is 13.2 Å². The van der Waals surface area contributed by atoms with E-state index in [1.54, 1.807) is 6.07 Å². The van der Waals surface area contributed by atoms with Crippen molar-refractivity contribution in [2.45, 2.75) is 6.61 Å². The van der Waals surface area contributed by atoms with Crippen molar-refractivity contribution in [1.29, 1.82) is 5.26 Å². The molecule has 0 fully saturated rings. The minimum absolute atomic E-state index is 0.137. The van der Waals surface area contributed by atoms with Crippen LogP contribution in [0.25, 0.3) is 0 Å². The molecule has 2 aromatic carbocycles. The molecule has 0 aliphatic carbocycles. The normalized spacial score (nSPS) is 10.0. The van der Waals surface area contributed by atoms with E-state index in [9.17, 15) is 13.2 Å². The quantitative estimate of drug-likeness (QED) is 0.848. The summed E-state index contributed by atoms with van der Waals surface area (Å²) in [6, 6.07) is 8.27. The molecule has 2 nitrogen and oxygen atoms in total. The monoisotopic (exact) mass is 263 g/mol. The maximum Gasteiger partial charge on any atom is 0.165 e. The van der Waals surface area contributed by atoms with Crippen molar-refractivity contribution in [3.8, 4) is 11.8 Å². The summed E-state index contributed by atoms with van der Waals surface area (Å²) in [4.78, 5) is 0. The number of benzene rings is 2. The summed E-state index contributed by atoms with van der Waals surface area (Å²) in [5.41, 5.74) is 0.499. The summed E-state index contributed by atoms with van der Waals surface area (Å²) < 4.78 is 44.4. The number of halogens is 3. The standard InChI is InChI=1S/C14H8F3NO/c15-11-1-2-13(17)14(6-11)19-8-10-3-9(7-18)4-12(16)5-10/h1-6H,8H2. The lowest BCUT2D eigenvalue weighted by molar-refractivity contribution is 0.288.